The molecule has 31 heavy (non-hydrogen) atoms. The number of benzene rings is 2. The van der Waals surface area contributed by atoms with Crippen LogP contribution < -0.4 is 0 Å². The Morgan fingerprint density at radius 2 is 1.77 bits per heavy atom. The van der Waals surface area contributed by atoms with Crippen molar-refractivity contribution in [3.05, 3.63) is 83.4 Å². The van der Waals surface area contributed by atoms with Gasteiger partial charge in [0.15, 0.2) is 0 Å². The van der Waals surface area contributed by atoms with Gasteiger partial charge in [-0.05, 0) is 51.0 Å². The number of nitrogens with zero attached hydrogens (tertiary/aromatic N) is 3. The van der Waals surface area contributed by atoms with Gasteiger partial charge in [-0.25, -0.2) is 0 Å². The minimum absolute atomic E-state index is 0.711. The van der Waals surface area contributed by atoms with Crippen molar-refractivity contribution < 1.29 is 9.63 Å². The topological polar surface area (TPSA) is 64.1 Å². The third-order valence-electron chi connectivity index (χ3n) is 5.91. The zero-order chi connectivity index (χ0) is 21.8. The van der Waals surface area contributed by atoms with E-state index in [4.69, 9.17) is 9.51 Å². The molecular formula is C26H25N3O2. The van der Waals surface area contributed by atoms with Crippen molar-refractivity contribution >= 4 is 21.9 Å². The minimum Gasteiger partial charge on any atom is -0.386 e. The zero-order valence-corrected chi connectivity index (χ0v) is 18.2. The third kappa shape index (κ3) is 3.31. The molecule has 5 rings (SSSR count). The van der Waals surface area contributed by atoms with Gasteiger partial charge in [-0.3, -0.25) is 4.98 Å². The molecule has 5 nitrogen and oxygen atoms in total. The molecule has 0 aliphatic rings. The van der Waals surface area contributed by atoms with E-state index in [0.717, 1.165) is 50.1 Å². The molecule has 0 unspecified atom stereocenters. The Hall–Kier alpha value is -3.44. The summed E-state index contributed by atoms with van der Waals surface area (Å²) in [6.07, 6.45) is 1.89. The maximum Gasteiger partial charge on any atom is 0.141 e. The summed E-state index contributed by atoms with van der Waals surface area (Å²) in [5, 5.41) is 15.8. The van der Waals surface area contributed by atoms with E-state index in [0.29, 0.717) is 6.54 Å². The standard InChI is InChI=1S/C26H25N3O2/c1-16-24(17(2)31-28-16)19-12-23-25(27-14-19)21-11-10-20(26(3,4)30)13-22(21)29(23)15-18-8-6-5-7-9-18/h5-14,30H,15H2,1-4H3. The van der Waals surface area contributed by atoms with Crippen LogP contribution in [0.5, 0.6) is 0 Å². The lowest BCUT2D eigenvalue weighted by atomic mass is 9.97. The van der Waals surface area contributed by atoms with Crippen LogP contribution in [-0.2, 0) is 12.1 Å². The molecule has 0 amide bonds. The van der Waals surface area contributed by atoms with E-state index >= 15 is 0 Å². The Bertz CT molecular complexity index is 1390. The molecule has 3 aromatic heterocycles. The SMILES string of the molecule is Cc1noc(C)c1-c1cnc2c3ccc(C(C)(C)O)cc3n(Cc3ccccc3)c2c1. The van der Waals surface area contributed by atoms with E-state index in [1.165, 1.54) is 5.56 Å². The van der Waals surface area contributed by atoms with E-state index in [2.05, 4.69) is 52.2 Å². The van der Waals surface area contributed by atoms with Gasteiger partial charge in [-0.2, -0.15) is 0 Å². The number of hydrogen-bond donors (Lipinski definition) is 1. The predicted octanol–water partition coefficient (Wildman–Crippen LogP) is 5.74. The lowest BCUT2D eigenvalue weighted by molar-refractivity contribution is 0.0787. The van der Waals surface area contributed by atoms with Gasteiger partial charge in [-0.1, -0.05) is 47.6 Å². The molecule has 156 valence electrons. The van der Waals surface area contributed by atoms with Crippen molar-refractivity contribution in [1.82, 2.24) is 14.7 Å². The van der Waals surface area contributed by atoms with Crippen LogP contribution in [0.3, 0.4) is 0 Å². The minimum atomic E-state index is -0.919. The number of rotatable bonds is 4. The number of fused-ring (bicyclic) bond motifs is 3. The van der Waals surface area contributed by atoms with E-state index in [1.54, 1.807) is 0 Å². The molecule has 2 aromatic carbocycles. The summed E-state index contributed by atoms with van der Waals surface area (Å²) in [5.74, 6) is 0.786. The number of aryl methyl sites for hydroxylation is 2. The monoisotopic (exact) mass is 411 g/mol. The second kappa shape index (κ2) is 7.06. The fourth-order valence-electron chi connectivity index (χ4n) is 4.30. The van der Waals surface area contributed by atoms with Gasteiger partial charge in [-0.15, -0.1) is 0 Å². The third-order valence-corrected chi connectivity index (χ3v) is 5.91. The molecule has 0 bridgehead atoms. The molecule has 3 heterocycles. The van der Waals surface area contributed by atoms with E-state index in [-0.39, 0.29) is 0 Å². The van der Waals surface area contributed by atoms with Crippen LogP contribution in [0.4, 0.5) is 0 Å². The normalized spacial score (nSPS) is 12.2. The first-order chi connectivity index (χ1) is 14.8. The average molecular weight is 412 g/mol. The van der Waals surface area contributed by atoms with Gasteiger partial charge in [0, 0.05) is 29.3 Å². The second-order valence-corrected chi connectivity index (χ2v) is 8.65. The number of aromatic nitrogens is 3. The number of pyridine rings is 1. The first-order valence-electron chi connectivity index (χ1n) is 10.4. The lowest BCUT2D eigenvalue weighted by Crippen LogP contribution is -2.15. The molecule has 5 heteroatoms. The summed E-state index contributed by atoms with van der Waals surface area (Å²) >= 11 is 0. The van der Waals surface area contributed by atoms with Crippen LogP contribution in [0.15, 0.2) is 65.3 Å². The van der Waals surface area contributed by atoms with Crippen molar-refractivity contribution in [2.45, 2.75) is 39.8 Å². The van der Waals surface area contributed by atoms with Crippen LogP contribution in [0.2, 0.25) is 0 Å². The molecule has 5 aromatic rings. The molecule has 0 radical (unpaired) electrons. The lowest BCUT2D eigenvalue weighted by Gasteiger charge is -2.18. The summed E-state index contributed by atoms with van der Waals surface area (Å²) < 4.78 is 7.67. The molecule has 0 saturated carbocycles. The molecule has 1 N–H and O–H groups in total. The predicted molar refractivity (Wildman–Crippen MR) is 123 cm³/mol. The first-order valence-corrected chi connectivity index (χ1v) is 10.4. The highest BCUT2D eigenvalue weighted by molar-refractivity contribution is 6.07. The summed E-state index contributed by atoms with van der Waals surface area (Å²) in [7, 11) is 0. The summed E-state index contributed by atoms with van der Waals surface area (Å²) in [6.45, 7) is 8.21. The molecular weight excluding hydrogens is 386 g/mol. The largest absolute Gasteiger partial charge is 0.386 e. The Morgan fingerprint density at radius 1 is 1.00 bits per heavy atom. The molecule has 0 atom stereocenters. The Labute approximate surface area is 180 Å². The Balaban J connectivity index is 1.80. The summed E-state index contributed by atoms with van der Waals surface area (Å²) in [4.78, 5) is 4.85. The number of hydrogen-bond acceptors (Lipinski definition) is 4. The molecule has 0 fully saturated rings. The molecule has 0 aliphatic heterocycles. The fraction of sp³-hybridized carbons (Fsp3) is 0.231. The van der Waals surface area contributed by atoms with Gasteiger partial charge in [0.05, 0.1) is 27.8 Å². The Kier molecular flexibility index (Phi) is 4.45. The van der Waals surface area contributed by atoms with Crippen molar-refractivity contribution in [2.24, 2.45) is 0 Å². The van der Waals surface area contributed by atoms with Crippen LogP contribution in [0.25, 0.3) is 33.1 Å². The highest BCUT2D eigenvalue weighted by Gasteiger charge is 2.21. The summed E-state index contributed by atoms with van der Waals surface area (Å²) in [6, 6.07) is 18.7. The quantitative estimate of drug-likeness (QED) is 0.410. The highest BCUT2D eigenvalue weighted by Crippen LogP contribution is 2.35. The average Bonchev–Trinajstić information content (AvgIpc) is 3.24. The maximum atomic E-state index is 10.6. The van der Waals surface area contributed by atoms with Gasteiger partial charge in [0.1, 0.15) is 5.76 Å². The van der Waals surface area contributed by atoms with Crippen LogP contribution in [-0.4, -0.2) is 19.8 Å². The second-order valence-electron chi connectivity index (χ2n) is 8.65. The van der Waals surface area contributed by atoms with Crippen LogP contribution in [0.1, 0.15) is 36.4 Å². The van der Waals surface area contributed by atoms with Gasteiger partial charge in [0.2, 0.25) is 0 Å². The molecule has 0 aliphatic carbocycles. The van der Waals surface area contributed by atoms with Crippen molar-refractivity contribution in [2.75, 3.05) is 0 Å². The van der Waals surface area contributed by atoms with Gasteiger partial charge < -0.3 is 14.2 Å². The van der Waals surface area contributed by atoms with Crippen molar-refractivity contribution in [3.8, 4) is 11.1 Å². The number of aliphatic hydroxyl groups is 1. The van der Waals surface area contributed by atoms with Crippen LogP contribution in [0, 0.1) is 13.8 Å². The summed E-state index contributed by atoms with van der Waals surface area (Å²) in [5.41, 5.74) is 7.05. The van der Waals surface area contributed by atoms with Gasteiger partial charge in [0.25, 0.3) is 0 Å². The first kappa shape index (κ1) is 19.5. The van der Waals surface area contributed by atoms with Gasteiger partial charge >= 0.3 is 0 Å². The van der Waals surface area contributed by atoms with E-state index in [1.807, 2.05) is 46.0 Å². The smallest absolute Gasteiger partial charge is 0.141 e. The highest BCUT2D eigenvalue weighted by atomic mass is 16.5. The molecule has 0 saturated heterocycles. The zero-order valence-electron chi connectivity index (χ0n) is 18.2. The fourth-order valence-corrected chi connectivity index (χ4v) is 4.30. The Morgan fingerprint density at radius 3 is 2.45 bits per heavy atom. The van der Waals surface area contributed by atoms with Crippen molar-refractivity contribution in [1.29, 1.82) is 0 Å². The molecule has 0 spiro atoms. The van der Waals surface area contributed by atoms with Crippen molar-refractivity contribution in [3.63, 3.8) is 0 Å². The maximum absolute atomic E-state index is 10.6. The van der Waals surface area contributed by atoms with Crippen LogP contribution >= 0.6 is 0 Å². The van der Waals surface area contributed by atoms with E-state index < -0.39 is 5.60 Å². The van der Waals surface area contributed by atoms with E-state index in [9.17, 15) is 5.11 Å².